The summed E-state index contributed by atoms with van der Waals surface area (Å²) in [6, 6.07) is 4.14. The van der Waals surface area contributed by atoms with Crippen molar-refractivity contribution < 1.29 is 9.63 Å². The Morgan fingerprint density at radius 2 is 2.00 bits per heavy atom. The van der Waals surface area contributed by atoms with Gasteiger partial charge in [-0.3, -0.25) is 0 Å². The van der Waals surface area contributed by atoms with Crippen LogP contribution in [0.1, 0.15) is 10.4 Å². The number of hydrogen-bond donors (Lipinski definition) is 0. The van der Waals surface area contributed by atoms with Gasteiger partial charge >= 0.3 is 5.97 Å². The third-order valence-electron chi connectivity index (χ3n) is 1.24. The number of nitrogens with zero attached hydrogens (tertiary/aromatic N) is 1. The van der Waals surface area contributed by atoms with Gasteiger partial charge in [0, 0.05) is 0 Å². The molecular formula is C7H3Cl2NO2. The average molecular weight is 204 g/mol. The molecule has 0 bridgehead atoms. The molecule has 3 nitrogen and oxygen atoms in total. The summed E-state index contributed by atoms with van der Waals surface area (Å²) in [6.07, 6.45) is 0. The molecule has 0 N–H and O–H groups in total. The zero-order valence-electron chi connectivity index (χ0n) is 5.75. The van der Waals surface area contributed by atoms with Gasteiger partial charge in [0.05, 0.1) is 15.6 Å². The first kappa shape index (κ1) is 9.32. The zero-order valence-corrected chi connectivity index (χ0v) is 7.26. The van der Waals surface area contributed by atoms with Crippen molar-refractivity contribution in [1.29, 1.82) is 0 Å². The summed E-state index contributed by atoms with van der Waals surface area (Å²) in [4.78, 5) is 14.2. The number of benzene rings is 1. The highest BCUT2D eigenvalue weighted by Gasteiger charge is 2.08. The Labute approximate surface area is 79.0 Å². The molecule has 0 aliphatic rings. The molecule has 0 aliphatic carbocycles. The molecule has 0 saturated heterocycles. The van der Waals surface area contributed by atoms with Gasteiger partial charge < -0.3 is 4.84 Å². The summed E-state index contributed by atoms with van der Waals surface area (Å²) in [5.41, 5.74) is 0.145. The Morgan fingerprint density at radius 1 is 1.33 bits per heavy atom. The van der Waals surface area contributed by atoms with Crippen molar-refractivity contribution in [2.75, 3.05) is 0 Å². The van der Waals surface area contributed by atoms with E-state index >= 15 is 0 Å². The molecule has 62 valence electrons. The first-order valence-corrected chi connectivity index (χ1v) is 3.71. The second-order valence-corrected chi connectivity index (χ2v) is 2.82. The van der Waals surface area contributed by atoms with Crippen LogP contribution in [0.2, 0.25) is 10.0 Å². The van der Waals surface area contributed by atoms with Crippen LogP contribution < -0.4 is 5.90 Å². The van der Waals surface area contributed by atoms with Crippen LogP contribution in [0.25, 0.3) is 0 Å². The van der Waals surface area contributed by atoms with E-state index in [-0.39, 0.29) is 10.6 Å². The van der Waals surface area contributed by atoms with Crippen molar-refractivity contribution in [2.24, 2.45) is 0 Å². The minimum Gasteiger partial charge on any atom is -0.324 e. The summed E-state index contributed by atoms with van der Waals surface area (Å²) in [7, 11) is 0. The number of hydrogen-bond acceptors (Lipinski definition) is 2. The van der Waals surface area contributed by atoms with Gasteiger partial charge in [0.1, 0.15) is 5.90 Å². The van der Waals surface area contributed by atoms with Gasteiger partial charge in [-0.05, 0) is 18.2 Å². The molecule has 1 aromatic rings. The predicted molar refractivity (Wildman–Crippen MR) is 44.0 cm³/mol. The van der Waals surface area contributed by atoms with Gasteiger partial charge in [-0.15, -0.1) is 0 Å². The Morgan fingerprint density at radius 3 is 2.50 bits per heavy atom. The maximum absolute atomic E-state index is 10.7. The maximum Gasteiger partial charge on any atom is 0.360 e. The average Bonchev–Trinajstić information content (AvgIpc) is 2.08. The van der Waals surface area contributed by atoms with Gasteiger partial charge in [0.25, 0.3) is 0 Å². The number of rotatable bonds is 1. The molecule has 0 saturated carbocycles. The predicted octanol–water partition coefficient (Wildman–Crippen LogP) is 2.13. The van der Waals surface area contributed by atoms with Crippen molar-refractivity contribution in [3.8, 4) is 0 Å². The summed E-state index contributed by atoms with van der Waals surface area (Å²) in [5.74, 6) is 7.16. The second kappa shape index (κ2) is 3.76. The highest BCUT2D eigenvalue weighted by atomic mass is 35.5. The summed E-state index contributed by atoms with van der Waals surface area (Å²) < 4.78 is 0. The molecule has 0 atom stereocenters. The molecule has 0 aromatic heterocycles. The zero-order chi connectivity index (χ0) is 9.14. The Bertz CT molecular complexity index is 314. The lowest BCUT2D eigenvalue weighted by Gasteiger charge is -1.97. The topological polar surface area (TPSA) is 48.6 Å². The number of carbonyl (C=O) groups is 1. The highest BCUT2D eigenvalue weighted by molar-refractivity contribution is 6.42. The maximum atomic E-state index is 10.7. The van der Waals surface area contributed by atoms with Crippen molar-refractivity contribution in [1.82, 2.24) is 5.90 Å². The molecule has 1 aromatic carbocycles. The Hall–Kier alpha value is -0.770. The second-order valence-electron chi connectivity index (χ2n) is 2.01. The third-order valence-corrected chi connectivity index (χ3v) is 1.98. The fraction of sp³-hybridized carbons (Fsp3) is 0. The molecule has 5 heteroatoms. The van der Waals surface area contributed by atoms with Crippen molar-refractivity contribution >= 4 is 29.2 Å². The van der Waals surface area contributed by atoms with E-state index < -0.39 is 5.97 Å². The lowest BCUT2D eigenvalue weighted by atomic mass is 10.2. The lowest BCUT2D eigenvalue weighted by Crippen LogP contribution is -2.02. The molecular weight excluding hydrogens is 201 g/mol. The van der Waals surface area contributed by atoms with E-state index in [1.807, 2.05) is 0 Å². The van der Waals surface area contributed by atoms with Crippen molar-refractivity contribution in [3.63, 3.8) is 0 Å². The minimum atomic E-state index is -0.867. The van der Waals surface area contributed by atoms with E-state index in [4.69, 9.17) is 29.1 Å². The molecule has 0 unspecified atom stereocenters. The van der Waals surface area contributed by atoms with E-state index in [1.165, 1.54) is 18.2 Å². The number of halogens is 2. The quantitative estimate of drug-likeness (QED) is 0.657. The van der Waals surface area contributed by atoms with Crippen LogP contribution in [-0.2, 0) is 4.84 Å². The van der Waals surface area contributed by atoms with Crippen LogP contribution >= 0.6 is 23.2 Å². The Kier molecular flexibility index (Phi) is 2.92. The summed E-state index contributed by atoms with van der Waals surface area (Å²) in [6.45, 7) is 0. The highest BCUT2D eigenvalue weighted by Crippen LogP contribution is 2.22. The van der Waals surface area contributed by atoms with E-state index in [2.05, 4.69) is 4.84 Å². The first-order chi connectivity index (χ1) is 5.65. The van der Waals surface area contributed by atoms with E-state index in [0.717, 1.165) is 0 Å². The van der Waals surface area contributed by atoms with Crippen LogP contribution in [0.5, 0.6) is 0 Å². The van der Waals surface area contributed by atoms with E-state index in [1.54, 1.807) is 0 Å². The molecule has 0 heterocycles. The number of carbonyl (C=O) groups excluding carboxylic acids is 1. The van der Waals surface area contributed by atoms with Crippen LogP contribution in [0.3, 0.4) is 0 Å². The third kappa shape index (κ3) is 1.88. The first-order valence-electron chi connectivity index (χ1n) is 2.96. The van der Waals surface area contributed by atoms with Gasteiger partial charge in [-0.25, -0.2) is 4.79 Å². The monoisotopic (exact) mass is 203 g/mol. The molecule has 0 spiro atoms. The van der Waals surface area contributed by atoms with E-state index in [0.29, 0.717) is 5.02 Å². The van der Waals surface area contributed by atoms with Crippen LogP contribution in [0, 0.1) is 0 Å². The molecule has 2 radical (unpaired) electrons. The molecule has 0 aliphatic heterocycles. The lowest BCUT2D eigenvalue weighted by molar-refractivity contribution is 0.0464. The molecule has 1 rings (SSSR count). The van der Waals surface area contributed by atoms with Crippen LogP contribution in [-0.4, -0.2) is 5.97 Å². The molecule has 0 amide bonds. The van der Waals surface area contributed by atoms with Crippen molar-refractivity contribution in [2.45, 2.75) is 0 Å². The van der Waals surface area contributed by atoms with E-state index in [9.17, 15) is 4.79 Å². The minimum absolute atomic E-state index is 0.145. The van der Waals surface area contributed by atoms with Gasteiger partial charge in [-0.2, -0.15) is 0 Å². The fourth-order valence-electron chi connectivity index (χ4n) is 0.676. The summed E-state index contributed by atoms with van der Waals surface area (Å²) in [5, 5.41) is 0.575. The molecule has 0 fully saturated rings. The van der Waals surface area contributed by atoms with Gasteiger partial charge in [0.15, 0.2) is 0 Å². The Balaban J connectivity index is 3.05. The summed E-state index contributed by atoms with van der Waals surface area (Å²) >= 11 is 11.2. The van der Waals surface area contributed by atoms with Crippen LogP contribution in [0.15, 0.2) is 18.2 Å². The largest absolute Gasteiger partial charge is 0.360 e. The smallest absolute Gasteiger partial charge is 0.324 e. The fourth-order valence-corrected chi connectivity index (χ4v) is 0.974. The van der Waals surface area contributed by atoms with Crippen molar-refractivity contribution in [3.05, 3.63) is 33.8 Å². The normalized spacial score (nSPS) is 9.58. The SMILES string of the molecule is [N]OC(=O)c1ccc(Cl)c(Cl)c1. The van der Waals surface area contributed by atoms with Gasteiger partial charge in [-0.1, -0.05) is 23.2 Å². The van der Waals surface area contributed by atoms with Crippen LogP contribution in [0.4, 0.5) is 0 Å². The standard InChI is InChI=1S/C7H3Cl2NO2/c8-5-2-1-4(3-6(5)9)7(11)12-10/h1-3H. The molecule has 12 heavy (non-hydrogen) atoms. The van der Waals surface area contributed by atoms with Gasteiger partial charge in [0.2, 0.25) is 0 Å².